The van der Waals surface area contributed by atoms with E-state index < -0.39 is 5.97 Å². The number of benzene rings is 2. The highest BCUT2D eigenvalue weighted by molar-refractivity contribution is 5.93. The van der Waals surface area contributed by atoms with Crippen molar-refractivity contribution in [2.75, 3.05) is 30.9 Å². The summed E-state index contributed by atoms with van der Waals surface area (Å²) in [5.74, 6) is -0.0403. The summed E-state index contributed by atoms with van der Waals surface area (Å²) in [6.45, 7) is 4.07. The molecule has 0 radical (unpaired) electrons. The highest BCUT2D eigenvalue weighted by Crippen LogP contribution is 2.25. The Morgan fingerprint density at radius 1 is 1.00 bits per heavy atom. The number of hydrogen-bond donors (Lipinski definition) is 2. The number of carbonyl (C=O) groups excluding carboxylic acids is 2. The van der Waals surface area contributed by atoms with Crippen LogP contribution in [0.3, 0.4) is 0 Å². The van der Waals surface area contributed by atoms with E-state index in [1.54, 1.807) is 31.2 Å². The van der Waals surface area contributed by atoms with Gasteiger partial charge in [0.15, 0.2) is 6.61 Å². The number of nitrogen functional groups attached to an aromatic ring is 1. The Hall–Kier alpha value is -3.22. The maximum atomic E-state index is 12.2. The van der Waals surface area contributed by atoms with Crippen molar-refractivity contribution in [1.29, 1.82) is 0 Å². The van der Waals surface area contributed by atoms with Gasteiger partial charge in [-0.1, -0.05) is 12.1 Å². The van der Waals surface area contributed by atoms with Crippen LogP contribution in [0.15, 0.2) is 42.5 Å². The van der Waals surface area contributed by atoms with E-state index in [0.717, 1.165) is 0 Å². The summed E-state index contributed by atoms with van der Waals surface area (Å²) < 4.78 is 15.8. The van der Waals surface area contributed by atoms with Gasteiger partial charge in [-0.2, -0.15) is 0 Å². The first-order valence-corrected chi connectivity index (χ1v) is 8.26. The van der Waals surface area contributed by atoms with Gasteiger partial charge >= 0.3 is 5.97 Å². The number of nitrogens with two attached hydrogens (primary N) is 1. The van der Waals surface area contributed by atoms with Crippen molar-refractivity contribution in [2.45, 2.75) is 13.8 Å². The van der Waals surface area contributed by atoms with Crippen molar-refractivity contribution < 1.29 is 23.8 Å². The monoisotopic (exact) mass is 358 g/mol. The van der Waals surface area contributed by atoms with Crippen molar-refractivity contribution in [2.24, 2.45) is 0 Å². The third-order valence-electron chi connectivity index (χ3n) is 3.34. The van der Waals surface area contributed by atoms with Crippen molar-refractivity contribution >= 4 is 23.3 Å². The standard InChI is InChI=1S/C19H22N2O5/c1-3-24-16-8-6-5-7-15(16)21-18(22)12-26-17-11-13(9-10-14(17)20)19(23)25-4-2/h5-11H,3-4,12,20H2,1-2H3,(H,21,22). The number of carbonyl (C=O) groups is 2. The first-order chi connectivity index (χ1) is 12.5. The van der Waals surface area contributed by atoms with Crippen LogP contribution in [0.4, 0.5) is 11.4 Å². The average molecular weight is 358 g/mol. The number of nitrogens with one attached hydrogen (secondary N) is 1. The lowest BCUT2D eigenvalue weighted by Crippen LogP contribution is -2.21. The molecule has 0 aliphatic heterocycles. The molecule has 2 aromatic rings. The zero-order chi connectivity index (χ0) is 18.9. The van der Waals surface area contributed by atoms with Crippen LogP contribution in [0, 0.1) is 0 Å². The summed E-state index contributed by atoms with van der Waals surface area (Å²) in [4.78, 5) is 23.9. The first-order valence-electron chi connectivity index (χ1n) is 8.26. The molecule has 0 bridgehead atoms. The third kappa shape index (κ3) is 5.14. The second-order valence-corrected chi connectivity index (χ2v) is 5.24. The fourth-order valence-electron chi connectivity index (χ4n) is 2.18. The quantitative estimate of drug-likeness (QED) is 0.556. The predicted molar refractivity (Wildman–Crippen MR) is 98.5 cm³/mol. The van der Waals surface area contributed by atoms with E-state index in [4.69, 9.17) is 19.9 Å². The van der Waals surface area contributed by atoms with Gasteiger partial charge in [0.1, 0.15) is 11.5 Å². The summed E-state index contributed by atoms with van der Waals surface area (Å²) in [6.07, 6.45) is 0. The molecule has 0 aliphatic carbocycles. The van der Waals surface area contributed by atoms with Crippen LogP contribution in [0.1, 0.15) is 24.2 Å². The SMILES string of the molecule is CCOC(=O)c1ccc(N)c(OCC(=O)Nc2ccccc2OCC)c1. The predicted octanol–water partition coefficient (Wildman–Crippen LogP) is 2.86. The Balaban J connectivity index is 2.01. The molecule has 1 amide bonds. The van der Waals surface area contributed by atoms with E-state index in [0.29, 0.717) is 29.3 Å². The lowest BCUT2D eigenvalue weighted by atomic mass is 10.2. The molecule has 0 aliphatic rings. The number of hydrogen-bond acceptors (Lipinski definition) is 6. The molecule has 0 saturated heterocycles. The molecule has 0 fully saturated rings. The van der Waals surface area contributed by atoms with Crippen LogP contribution in [-0.2, 0) is 9.53 Å². The second kappa shape index (κ2) is 9.31. The van der Waals surface area contributed by atoms with Gasteiger partial charge in [0.25, 0.3) is 5.91 Å². The molecule has 2 aromatic carbocycles. The van der Waals surface area contributed by atoms with E-state index >= 15 is 0 Å². The van der Waals surface area contributed by atoms with Crippen LogP contribution in [-0.4, -0.2) is 31.7 Å². The number of amides is 1. The molecule has 2 rings (SSSR count). The van der Waals surface area contributed by atoms with Crippen molar-refractivity contribution in [3.63, 3.8) is 0 Å². The number of para-hydroxylation sites is 2. The largest absolute Gasteiger partial charge is 0.492 e. The first kappa shape index (κ1) is 19.1. The van der Waals surface area contributed by atoms with Gasteiger partial charge in [-0.3, -0.25) is 4.79 Å². The maximum Gasteiger partial charge on any atom is 0.338 e. The molecule has 0 saturated carbocycles. The van der Waals surface area contributed by atoms with Gasteiger partial charge in [0, 0.05) is 0 Å². The number of rotatable bonds is 8. The van der Waals surface area contributed by atoms with Crippen molar-refractivity contribution in [1.82, 2.24) is 0 Å². The summed E-state index contributed by atoms with van der Waals surface area (Å²) in [7, 11) is 0. The van der Waals surface area contributed by atoms with E-state index in [1.807, 2.05) is 13.0 Å². The smallest absolute Gasteiger partial charge is 0.338 e. The van der Waals surface area contributed by atoms with Crippen LogP contribution in [0.25, 0.3) is 0 Å². The van der Waals surface area contributed by atoms with E-state index in [9.17, 15) is 9.59 Å². The molecular weight excluding hydrogens is 336 g/mol. The van der Waals surface area contributed by atoms with Crippen molar-refractivity contribution in [3.05, 3.63) is 48.0 Å². The van der Waals surface area contributed by atoms with E-state index in [2.05, 4.69) is 5.32 Å². The average Bonchev–Trinajstić information content (AvgIpc) is 2.63. The Morgan fingerprint density at radius 3 is 2.50 bits per heavy atom. The molecule has 0 spiro atoms. The second-order valence-electron chi connectivity index (χ2n) is 5.24. The van der Waals surface area contributed by atoms with E-state index in [-0.39, 0.29) is 24.9 Å². The topological polar surface area (TPSA) is 99.9 Å². The van der Waals surface area contributed by atoms with Crippen molar-refractivity contribution in [3.8, 4) is 11.5 Å². The highest BCUT2D eigenvalue weighted by Gasteiger charge is 2.12. The zero-order valence-corrected chi connectivity index (χ0v) is 14.8. The lowest BCUT2D eigenvalue weighted by molar-refractivity contribution is -0.118. The molecule has 3 N–H and O–H groups in total. The zero-order valence-electron chi connectivity index (χ0n) is 14.8. The molecule has 0 heterocycles. The fraction of sp³-hybridized carbons (Fsp3) is 0.263. The fourth-order valence-corrected chi connectivity index (χ4v) is 2.18. The molecule has 0 atom stereocenters. The Morgan fingerprint density at radius 2 is 1.77 bits per heavy atom. The minimum atomic E-state index is -0.479. The Bertz CT molecular complexity index is 776. The molecule has 26 heavy (non-hydrogen) atoms. The number of anilines is 2. The van der Waals surface area contributed by atoms with E-state index in [1.165, 1.54) is 12.1 Å². The lowest BCUT2D eigenvalue weighted by Gasteiger charge is -2.13. The van der Waals surface area contributed by atoms with Crippen LogP contribution < -0.4 is 20.5 Å². The Kier molecular flexibility index (Phi) is 6.84. The summed E-state index contributed by atoms with van der Waals surface area (Å²) in [5.41, 5.74) is 7.01. The maximum absolute atomic E-state index is 12.2. The van der Waals surface area contributed by atoms with Gasteiger partial charge in [-0.25, -0.2) is 4.79 Å². The normalized spacial score (nSPS) is 10.1. The van der Waals surface area contributed by atoms with Gasteiger partial charge in [-0.05, 0) is 44.2 Å². The molecular formula is C19H22N2O5. The van der Waals surface area contributed by atoms with Gasteiger partial charge in [0.2, 0.25) is 0 Å². The molecule has 0 aromatic heterocycles. The molecule has 138 valence electrons. The minimum absolute atomic E-state index is 0.240. The Labute approximate surface area is 152 Å². The summed E-state index contributed by atoms with van der Waals surface area (Å²) in [5, 5.41) is 2.72. The molecule has 7 nitrogen and oxygen atoms in total. The minimum Gasteiger partial charge on any atom is -0.492 e. The van der Waals surface area contributed by atoms with Gasteiger partial charge in [-0.15, -0.1) is 0 Å². The molecule has 0 unspecified atom stereocenters. The summed E-state index contributed by atoms with van der Waals surface area (Å²) in [6, 6.07) is 11.6. The number of ether oxygens (including phenoxy) is 3. The summed E-state index contributed by atoms with van der Waals surface area (Å²) >= 11 is 0. The number of esters is 1. The molecule has 7 heteroatoms. The van der Waals surface area contributed by atoms with Gasteiger partial charge < -0.3 is 25.3 Å². The van der Waals surface area contributed by atoms with Crippen LogP contribution in [0.2, 0.25) is 0 Å². The van der Waals surface area contributed by atoms with Crippen LogP contribution in [0.5, 0.6) is 11.5 Å². The van der Waals surface area contributed by atoms with Crippen LogP contribution >= 0.6 is 0 Å². The van der Waals surface area contributed by atoms with Gasteiger partial charge in [0.05, 0.1) is 30.2 Å². The highest BCUT2D eigenvalue weighted by atomic mass is 16.5. The third-order valence-corrected chi connectivity index (χ3v) is 3.34.